The normalized spacial score (nSPS) is 10.5. The number of oxazole rings is 1. The van der Waals surface area contributed by atoms with E-state index in [1.807, 2.05) is 54.6 Å². The fraction of sp³-hybridized carbons (Fsp3) is 0.158. The Balaban J connectivity index is 1.52. The Bertz CT molecular complexity index is 795. The summed E-state index contributed by atoms with van der Waals surface area (Å²) in [6.07, 6.45) is 2.54. The highest BCUT2D eigenvalue weighted by Gasteiger charge is 2.06. The quantitative estimate of drug-likeness (QED) is 0.725. The molecule has 0 aliphatic rings. The first kappa shape index (κ1) is 15.8. The molecular formula is C19H18N2O3. The lowest BCUT2D eigenvalue weighted by molar-refractivity contribution is -0.117. The van der Waals surface area contributed by atoms with E-state index in [2.05, 4.69) is 4.98 Å². The van der Waals surface area contributed by atoms with Crippen molar-refractivity contribution in [3.8, 4) is 17.2 Å². The van der Waals surface area contributed by atoms with Crippen LogP contribution < -0.4 is 10.5 Å². The van der Waals surface area contributed by atoms with Crippen LogP contribution in [0.25, 0.3) is 11.5 Å². The van der Waals surface area contributed by atoms with Gasteiger partial charge in [-0.05, 0) is 29.8 Å². The smallest absolute Gasteiger partial charge is 0.226 e. The third kappa shape index (κ3) is 4.23. The van der Waals surface area contributed by atoms with Crippen molar-refractivity contribution < 1.29 is 13.9 Å². The average Bonchev–Trinajstić information content (AvgIpc) is 3.06. The van der Waals surface area contributed by atoms with Crippen molar-refractivity contribution in [3.05, 3.63) is 72.1 Å². The van der Waals surface area contributed by atoms with Gasteiger partial charge in [0.25, 0.3) is 0 Å². The summed E-state index contributed by atoms with van der Waals surface area (Å²) < 4.78 is 11.2. The molecule has 1 aromatic heterocycles. The SMILES string of the molecule is NC(=O)Cc1ccc(OCCc2coc(-c3ccccc3)n2)cc1. The van der Waals surface area contributed by atoms with Gasteiger partial charge in [0.1, 0.15) is 12.0 Å². The summed E-state index contributed by atoms with van der Waals surface area (Å²) in [4.78, 5) is 15.3. The minimum Gasteiger partial charge on any atom is -0.493 e. The molecule has 0 radical (unpaired) electrons. The number of nitrogens with two attached hydrogens (primary N) is 1. The standard InChI is InChI=1S/C19H18N2O3/c20-18(22)12-14-6-8-17(9-7-14)23-11-10-16-13-24-19(21-16)15-4-2-1-3-5-15/h1-9,13H,10-12H2,(H2,20,22). The van der Waals surface area contributed by atoms with Crippen molar-refractivity contribution in [1.29, 1.82) is 0 Å². The first-order chi connectivity index (χ1) is 11.7. The maximum absolute atomic E-state index is 10.9. The molecule has 0 saturated heterocycles. The van der Waals surface area contributed by atoms with Gasteiger partial charge in [-0.25, -0.2) is 4.98 Å². The first-order valence-corrected chi connectivity index (χ1v) is 7.70. The predicted molar refractivity (Wildman–Crippen MR) is 90.5 cm³/mol. The van der Waals surface area contributed by atoms with Gasteiger partial charge < -0.3 is 14.9 Å². The summed E-state index contributed by atoms with van der Waals surface area (Å²) in [5.74, 6) is 1.01. The van der Waals surface area contributed by atoms with Crippen LogP contribution in [-0.2, 0) is 17.6 Å². The fourth-order valence-corrected chi connectivity index (χ4v) is 2.31. The van der Waals surface area contributed by atoms with Crippen LogP contribution in [0.2, 0.25) is 0 Å². The summed E-state index contributed by atoms with van der Waals surface area (Å²) in [5.41, 5.74) is 7.84. The second-order valence-electron chi connectivity index (χ2n) is 5.40. The summed E-state index contributed by atoms with van der Waals surface area (Å²) in [6, 6.07) is 17.1. The molecule has 2 aromatic carbocycles. The van der Waals surface area contributed by atoms with E-state index in [-0.39, 0.29) is 12.3 Å². The summed E-state index contributed by atoms with van der Waals surface area (Å²) >= 11 is 0. The Kier molecular flexibility index (Phi) is 4.91. The number of primary amides is 1. The molecule has 2 N–H and O–H groups in total. The molecule has 1 amide bonds. The molecule has 0 atom stereocenters. The van der Waals surface area contributed by atoms with Crippen LogP contribution in [0.3, 0.4) is 0 Å². The number of carbonyl (C=O) groups excluding carboxylic acids is 1. The van der Waals surface area contributed by atoms with Gasteiger partial charge in [-0.1, -0.05) is 30.3 Å². The van der Waals surface area contributed by atoms with Crippen molar-refractivity contribution in [3.63, 3.8) is 0 Å². The molecule has 5 nitrogen and oxygen atoms in total. The van der Waals surface area contributed by atoms with Crippen LogP contribution in [0.5, 0.6) is 5.75 Å². The van der Waals surface area contributed by atoms with Crippen molar-refractivity contribution in [2.24, 2.45) is 5.73 Å². The van der Waals surface area contributed by atoms with E-state index in [0.717, 1.165) is 22.6 Å². The lowest BCUT2D eigenvalue weighted by Crippen LogP contribution is -2.13. The summed E-state index contributed by atoms with van der Waals surface area (Å²) in [5, 5.41) is 0. The number of hydrogen-bond acceptors (Lipinski definition) is 4. The van der Waals surface area contributed by atoms with E-state index in [9.17, 15) is 4.79 Å². The fourth-order valence-electron chi connectivity index (χ4n) is 2.31. The van der Waals surface area contributed by atoms with E-state index in [1.165, 1.54) is 0 Å². The number of nitrogens with zero attached hydrogens (tertiary/aromatic N) is 1. The molecule has 0 spiro atoms. The van der Waals surface area contributed by atoms with Crippen LogP contribution in [-0.4, -0.2) is 17.5 Å². The molecule has 0 saturated carbocycles. The predicted octanol–water partition coefficient (Wildman–Crippen LogP) is 2.99. The molecule has 0 aliphatic heterocycles. The van der Waals surface area contributed by atoms with E-state index >= 15 is 0 Å². The van der Waals surface area contributed by atoms with Gasteiger partial charge >= 0.3 is 0 Å². The zero-order valence-electron chi connectivity index (χ0n) is 13.1. The number of hydrogen-bond donors (Lipinski definition) is 1. The highest BCUT2D eigenvalue weighted by atomic mass is 16.5. The number of carbonyl (C=O) groups is 1. The minimum atomic E-state index is -0.344. The van der Waals surface area contributed by atoms with Gasteiger partial charge in [-0.2, -0.15) is 0 Å². The van der Waals surface area contributed by atoms with Gasteiger partial charge in [-0.3, -0.25) is 4.79 Å². The molecule has 122 valence electrons. The zero-order chi connectivity index (χ0) is 16.8. The van der Waals surface area contributed by atoms with E-state index < -0.39 is 0 Å². The monoisotopic (exact) mass is 322 g/mol. The maximum Gasteiger partial charge on any atom is 0.226 e. The molecule has 5 heteroatoms. The molecule has 0 fully saturated rings. The van der Waals surface area contributed by atoms with Gasteiger partial charge in [0.2, 0.25) is 11.8 Å². The zero-order valence-corrected chi connectivity index (χ0v) is 13.1. The Hall–Kier alpha value is -3.08. The van der Waals surface area contributed by atoms with Crippen LogP contribution in [0, 0.1) is 0 Å². The second-order valence-corrected chi connectivity index (χ2v) is 5.40. The number of benzene rings is 2. The lowest BCUT2D eigenvalue weighted by Gasteiger charge is -2.05. The average molecular weight is 322 g/mol. The minimum absolute atomic E-state index is 0.238. The molecule has 0 unspecified atom stereocenters. The van der Waals surface area contributed by atoms with Gasteiger partial charge in [0, 0.05) is 12.0 Å². The van der Waals surface area contributed by atoms with Gasteiger partial charge in [-0.15, -0.1) is 0 Å². The Morgan fingerprint density at radius 3 is 2.54 bits per heavy atom. The van der Waals surface area contributed by atoms with Crippen molar-refractivity contribution in [1.82, 2.24) is 4.98 Å². The van der Waals surface area contributed by atoms with Crippen molar-refractivity contribution in [2.45, 2.75) is 12.8 Å². The largest absolute Gasteiger partial charge is 0.493 e. The van der Waals surface area contributed by atoms with Crippen molar-refractivity contribution >= 4 is 5.91 Å². The Labute approximate surface area is 140 Å². The summed E-state index contributed by atoms with van der Waals surface area (Å²) in [6.45, 7) is 0.496. The first-order valence-electron chi connectivity index (χ1n) is 7.70. The molecular weight excluding hydrogens is 304 g/mol. The molecule has 0 bridgehead atoms. The Morgan fingerprint density at radius 1 is 1.08 bits per heavy atom. The number of ether oxygens (including phenoxy) is 1. The highest BCUT2D eigenvalue weighted by Crippen LogP contribution is 2.18. The maximum atomic E-state index is 10.9. The van der Waals surface area contributed by atoms with Crippen LogP contribution in [0.4, 0.5) is 0 Å². The number of rotatable bonds is 7. The van der Waals surface area contributed by atoms with Crippen molar-refractivity contribution in [2.75, 3.05) is 6.61 Å². The van der Waals surface area contributed by atoms with Crippen LogP contribution >= 0.6 is 0 Å². The molecule has 1 heterocycles. The topological polar surface area (TPSA) is 78.4 Å². The highest BCUT2D eigenvalue weighted by molar-refractivity contribution is 5.76. The second kappa shape index (κ2) is 7.46. The lowest BCUT2D eigenvalue weighted by atomic mass is 10.1. The molecule has 3 rings (SSSR count). The van der Waals surface area contributed by atoms with Crippen LogP contribution in [0.15, 0.2) is 65.3 Å². The van der Waals surface area contributed by atoms with E-state index in [0.29, 0.717) is 18.9 Å². The van der Waals surface area contributed by atoms with Gasteiger partial charge in [0.15, 0.2) is 0 Å². The third-order valence-electron chi connectivity index (χ3n) is 3.50. The molecule has 0 aliphatic carbocycles. The molecule has 24 heavy (non-hydrogen) atoms. The Morgan fingerprint density at radius 2 is 1.83 bits per heavy atom. The summed E-state index contributed by atoms with van der Waals surface area (Å²) in [7, 11) is 0. The van der Waals surface area contributed by atoms with Gasteiger partial charge in [0.05, 0.1) is 18.7 Å². The molecule has 3 aromatic rings. The number of aromatic nitrogens is 1. The number of amides is 1. The van der Waals surface area contributed by atoms with E-state index in [1.54, 1.807) is 6.26 Å². The third-order valence-corrected chi connectivity index (χ3v) is 3.50. The van der Waals surface area contributed by atoms with Crippen LogP contribution in [0.1, 0.15) is 11.3 Å². The van der Waals surface area contributed by atoms with E-state index in [4.69, 9.17) is 14.9 Å².